The fourth-order valence-corrected chi connectivity index (χ4v) is 3.55. The van der Waals surface area contributed by atoms with Crippen molar-refractivity contribution in [3.63, 3.8) is 0 Å². The lowest BCUT2D eigenvalue weighted by molar-refractivity contribution is 0.0783. The van der Waals surface area contributed by atoms with Gasteiger partial charge >= 0.3 is 0 Å². The van der Waals surface area contributed by atoms with E-state index in [0.29, 0.717) is 12.2 Å². The van der Waals surface area contributed by atoms with Crippen molar-refractivity contribution >= 4 is 17.0 Å². The summed E-state index contributed by atoms with van der Waals surface area (Å²) < 4.78 is 13.1. The van der Waals surface area contributed by atoms with E-state index >= 15 is 0 Å². The number of aromatic nitrogens is 1. The van der Waals surface area contributed by atoms with Gasteiger partial charge in [-0.1, -0.05) is 12.1 Å². The SMILES string of the molecule is COc1cccc(Cn2c(C(=O)N3CCCC3)cc3oc(C)cc32)c1. The van der Waals surface area contributed by atoms with Gasteiger partial charge in [-0.3, -0.25) is 4.79 Å². The molecule has 130 valence electrons. The summed E-state index contributed by atoms with van der Waals surface area (Å²) in [6, 6.07) is 11.8. The molecule has 3 aromatic rings. The van der Waals surface area contributed by atoms with E-state index in [2.05, 4.69) is 4.57 Å². The van der Waals surface area contributed by atoms with Crippen LogP contribution in [0.15, 0.2) is 40.8 Å². The van der Waals surface area contributed by atoms with Crippen molar-refractivity contribution in [1.82, 2.24) is 9.47 Å². The highest BCUT2D eigenvalue weighted by Crippen LogP contribution is 2.27. The summed E-state index contributed by atoms with van der Waals surface area (Å²) in [6.07, 6.45) is 2.16. The fourth-order valence-electron chi connectivity index (χ4n) is 3.55. The summed E-state index contributed by atoms with van der Waals surface area (Å²) in [5.74, 6) is 1.76. The highest BCUT2D eigenvalue weighted by molar-refractivity contribution is 5.97. The van der Waals surface area contributed by atoms with E-state index < -0.39 is 0 Å². The Morgan fingerprint density at radius 2 is 2.00 bits per heavy atom. The van der Waals surface area contributed by atoms with Gasteiger partial charge < -0.3 is 18.6 Å². The van der Waals surface area contributed by atoms with Crippen molar-refractivity contribution in [2.45, 2.75) is 26.3 Å². The second-order valence-corrected chi connectivity index (χ2v) is 6.57. The Balaban J connectivity index is 1.76. The van der Waals surface area contributed by atoms with E-state index in [-0.39, 0.29) is 5.91 Å². The number of ether oxygens (including phenoxy) is 1. The Morgan fingerprint density at radius 3 is 2.76 bits per heavy atom. The van der Waals surface area contributed by atoms with Crippen LogP contribution in [0.1, 0.15) is 34.7 Å². The third kappa shape index (κ3) is 2.90. The fraction of sp³-hybridized carbons (Fsp3) is 0.350. The summed E-state index contributed by atoms with van der Waals surface area (Å²) in [6.45, 7) is 4.21. The van der Waals surface area contributed by atoms with Gasteiger partial charge in [0.2, 0.25) is 0 Å². The molecule has 1 aliphatic rings. The zero-order valence-corrected chi connectivity index (χ0v) is 14.6. The van der Waals surface area contributed by atoms with Gasteiger partial charge in [0.05, 0.1) is 12.6 Å². The number of likely N-dealkylation sites (tertiary alicyclic amines) is 1. The van der Waals surface area contributed by atoms with Crippen LogP contribution in [-0.4, -0.2) is 35.6 Å². The molecule has 0 unspecified atom stereocenters. The maximum atomic E-state index is 13.0. The highest BCUT2D eigenvalue weighted by Gasteiger charge is 2.25. The predicted molar refractivity (Wildman–Crippen MR) is 96.2 cm³/mol. The van der Waals surface area contributed by atoms with E-state index in [1.54, 1.807) is 7.11 Å². The summed E-state index contributed by atoms with van der Waals surface area (Å²) in [5.41, 5.74) is 3.51. The highest BCUT2D eigenvalue weighted by atomic mass is 16.5. The van der Waals surface area contributed by atoms with E-state index in [4.69, 9.17) is 9.15 Å². The van der Waals surface area contributed by atoms with Crippen molar-refractivity contribution in [1.29, 1.82) is 0 Å². The molecule has 5 heteroatoms. The average molecular weight is 338 g/mol. The Morgan fingerprint density at radius 1 is 1.20 bits per heavy atom. The maximum absolute atomic E-state index is 13.0. The number of nitrogens with zero attached hydrogens (tertiary/aromatic N) is 2. The van der Waals surface area contributed by atoms with Crippen LogP contribution in [0.4, 0.5) is 0 Å². The molecule has 1 aromatic carbocycles. The Kier molecular flexibility index (Phi) is 3.99. The number of benzene rings is 1. The zero-order valence-electron chi connectivity index (χ0n) is 14.6. The molecule has 0 aliphatic carbocycles. The first-order valence-corrected chi connectivity index (χ1v) is 8.67. The molecule has 4 rings (SSSR count). The third-order valence-corrected chi connectivity index (χ3v) is 4.80. The quantitative estimate of drug-likeness (QED) is 0.726. The zero-order chi connectivity index (χ0) is 17.4. The third-order valence-electron chi connectivity index (χ3n) is 4.80. The largest absolute Gasteiger partial charge is 0.497 e. The molecule has 3 heterocycles. The predicted octanol–water partition coefficient (Wildman–Crippen LogP) is 3.84. The number of amides is 1. The molecule has 0 N–H and O–H groups in total. The molecular weight excluding hydrogens is 316 g/mol. The van der Waals surface area contributed by atoms with E-state index in [0.717, 1.165) is 54.1 Å². The molecule has 0 radical (unpaired) electrons. The summed E-state index contributed by atoms with van der Waals surface area (Å²) in [5, 5.41) is 0. The number of methoxy groups -OCH3 is 1. The van der Waals surface area contributed by atoms with E-state index in [1.807, 2.05) is 48.2 Å². The number of rotatable bonds is 4. The number of carbonyl (C=O) groups is 1. The monoisotopic (exact) mass is 338 g/mol. The standard InChI is InChI=1S/C20H22N2O3/c1-14-10-17-19(25-14)12-18(20(23)21-8-3-4-9-21)22(17)13-15-6-5-7-16(11-15)24-2/h5-7,10-12H,3-4,8-9,13H2,1-2H3. The second-order valence-electron chi connectivity index (χ2n) is 6.57. The summed E-state index contributed by atoms with van der Waals surface area (Å²) in [7, 11) is 1.66. The van der Waals surface area contributed by atoms with Crippen molar-refractivity contribution in [3.05, 3.63) is 53.4 Å². The van der Waals surface area contributed by atoms with Gasteiger partial charge in [-0.25, -0.2) is 0 Å². The molecule has 0 saturated carbocycles. The number of hydrogen-bond acceptors (Lipinski definition) is 3. The molecule has 2 aromatic heterocycles. The minimum atomic E-state index is 0.0875. The first kappa shape index (κ1) is 15.8. The Bertz CT molecular complexity index is 916. The first-order valence-electron chi connectivity index (χ1n) is 8.67. The van der Waals surface area contributed by atoms with Crippen molar-refractivity contribution in [2.75, 3.05) is 20.2 Å². The van der Waals surface area contributed by atoms with Crippen LogP contribution in [0.2, 0.25) is 0 Å². The molecule has 1 fully saturated rings. The minimum absolute atomic E-state index is 0.0875. The minimum Gasteiger partial charge on any atom is -0.497 e. The van der Waals surface area contributed by atoms with Gasteiger partial charge in [0.25, 0.3) is 5.91 Å². The number of fused-ring (bicyclic) bond motifs is 1. The average Bonchev–Trinajstić information content (AvgIpc) is 3.32. The second kappa shape index (κ2) is 6.31. The summed E-state index contributed by atoms with van der Waals surface area (Å²) in [4.78, 5) is 14.9. The van der Waals surface area contributed by atoms with Gasteiger partial charge in [-0.05, 0) is 37.5 Å². The van der Waals surface area contributed by atoms with Gasteiger partial charge in [0, 0.05) is 31.8 Å². The lowest BCUT2D eigenvalue weighted by atomic mass is 10.2. The van der Waals surface area contributed by atoms with Crippen LogP contribution >= 0.6 is 0 Å². The molecular formula is C20H22N2O3. The van der Waals surface area contributed by atoms with Crippen LogP contribution < -0.4 is 4.74 Å². The lowest BCUT2D eigenvalue weighted by Crippen LogP contribution is -2.29. The van der Waals surface area contributed by atoms with Crippen LogP contribution in [0.5, 0.6) is 5.75 Å². The van der Waals surface area contributed by atoms with E-state index in [9.17, 15) is 4.79 Å². The van der Waals surface area contributed by atoms with Crippen molar-refractivity contribution < 1.29 is 13.9 Å². The normalized spacial score (nSPS) is 14.4. The van der Waals surface area contributed by atoms with Crippen LogP contribution in [0.3, 0.4) is 0 Å². The first-order chi connectivity index (χ1) is 12.2. The molecule has 0 bridgehead atoms. The smallest absolute Gasteiger partial charge is 0.270 e. The molecule has 25 heavy (non-hydrogen) atoms. The lowest BCUT2D eigenvalue weighted by Gasteiger charge is -2.17. The van der Waals surface area contributed by atoms with Gasteiger partial charge in [0.1, 0.15) is 17.2 Å². The molecule has 5 nitrogen and oxygen atoms in total. The number of aryl methyl sites for hydroxylation is 1. The van der Waals surface area contributed by atoms with Crippen LogP contribution in [0.25, 0.3) is 11.1 Å². The Labute approximate surface area is 146 Å². The van der Waals surface area contributed by atoms with Gasteiger partial charge in [0.15, 0.2) is 5.58 Å². The molecule has 0 atom stereocenters. The molecule has 1 saturated heterocycles. The number of carbonyl (C=O) groups excluding carboxylic acids is 1. The maximum Gasteiger partial charge on any atom is 0.270 e. The molecule has 0 spiro atoms. The van der Waals surface area contributed by atoms with Crippen LogP contribution in [0, 0.1) is 6.92 Å². The van der Waals surface area contributed by atoms with Crippen molar-refractivity contribution in [2.24, 2.45) is 0 Å². The van der Waals surface area contributed by atoms with Gasteiger partial charge in [-0.2, -0.15) is 0 Å². The summed E-state index contributed by atoms with van der Waals surface area (Å²) >= 11 is 0. The van der Waals surface area contributed by atoms with E-state index in [1.165, 1.54) is 0 Å². The molecule has 1 aliphatic heterocycles. The van der Waals surface area contributed by atoms with Crippen LogP contribution in [-0.2, 0) is 6.54 Å². The number of hydrogen-bond donors (Lipinski definition) is 0. The topological polar surface area (TPSA) is 47.6 Å². The number of furan rings is 1. The van der Waals surface area contributed by atoms with Crippen molar-refractivity contribution in [3.8, 4) is 5.75 Å². The van der Waals surface area contributed by atoms with Gasteiger partial charge in [-0.15, -0.1) is 0 Å². The molecule has 1 amide bonds. The Hall–Kier alpha value is -2.69.